The molecule has 5 aliphatic rings. The Bertz CT molecular complexity index is 1360. The van der Waals surface area contributed by atoms with E-state index in [1.807, 2.05) is 0 Å². The molecular weight excluding hydrogens is 676 g/mol. The first-order valence-corrected chi connectivity index (χ1v) is 19.2. The number of hydrogen-bond acceptors (Lipinski definition) is 13. The van der Waals surface area contributed by atoms with Crippen LogP contribution >= 0.6 is 0 Å². The van der Waals surface area contributed by atoms with Gasteiger partial charge in [-0.25, -0.2) is 0 Å². The van der Waals surface area contributed by atoms with Crippen LogP contribution < -0.4 is 0 Å². The van der Waals surface area contributed by atoms with E-state index in [1.54, 1.807) is 27.7 Å². The minimum absolute atomic E-state index is 0.00153. The van der Waals surface area contributed by atoms with Crippen LogP contribution in [0.25, 0.3) is 0 Å². The average molecular weight is 739 g/mol. The quantitative estimate of drug-likeness (QED) is 0.153. The molecule has 5 fully saturated rings. The van der Waals surface area contributed by atoms with Crippen molar-refractivity contribution >= 4 is 23.5 Å². The highest BCUT2D eigenvalue weighted by atomic mass is 16.7. The van der Waals surface area contributed by atoms with Crippen LogP contribution in [0.3, 0.4) is 0 Å². The first-order chi connectivity index (χ1) is 24.1. The summed E-state index contributed by atoms with van der Waals surface area (Å²) in [6.45, 7) is 13.3. The molecule has 296 valence electrons. The van der Waals surface area contributed by atoms with E-state index in [0.29, 0.717) is 38.5 Å². The monoisotopic (exact) mass is 738 g/mol. The van der Waals surface area contributed by atoms with Crippen molar-refractivity contribution in [2.24, 2.45) is 46.3 Å². The van der Waals surface area contributed by atoms with Gasteiger partial charge in [0, 0.05) is 38.5 Å². The van der Waals surface area contributed by atoms with E-state index in [9.17, 15) is 44.7 Å². The summed E-state index contributed by atoms with van der Waals surface area (Å²) < 4.78 is 22.9. The van der Waals surface area contributed by atoms with Crippen LogP contribution in [0.5, 0.6) is 0 Å². The van der Waals surface area contributed by atoms with Gasteiger partial charge in [0.05, 0.1) is 24.2 Å². The fourth-order valence-electron chi connectivity index (χ4n) is 11.9. The maximum absolute atomic E-state index is 14.1. The fraction of sp³-hybridized carbons (Fsp3) is 0.897. The summed E-state index contributed by atoms with van der Waals surface area (Å²) >= 11 is 0. The summed E-state index contributed by atoms with van der Waals surface area (Å²) in [5, 5.41) is 52.7. The standard InChI is InChI=1S/C39H62O13/c1-19(49-20(2)41)24(36(4,5)52-21(3)42)11-14-39(8,48)34-29(44)17-26-23-16-28(43)27-15-22(9-12-37(27,6)25(23)10-13-38(26,34)7)50-35-33(47)32(46)31(45)30(18-40)51-35/h19,22-27,30-35,40,45-48H,9-18H2,1-8H3/t19-,22-,23+,24-,25-,26-,27+,30+,31-,32-,33+,34-,35+,37+,38-,39-/m0/s1. The molecule has 1 heterocycles. The van der Waals surface area contributed by atoms with Crippen molar-refractivity contribution in [1.82, 2.24) is 0 Å². The van der Waals surface area contributed by atoms with Crippen LogP contribution in [-0.4, -0.2) is 110 Å². The molecule has 0 amide bonds. The molecule has 5 rings (SSSR count). The Kier molecular flexibility index (Phi) is 11.8. The van der Waals surface area contributed by atoms with Crippen molar-refractivity contribution < 1.29 is 63.7 Å². The minimum atomic E-state index is -1.55. The van der Waals surface area contributed by atoms with E-state index in [0.717, 1.165) is 12.8 Å². The zero-order valence-electron chi connectivity index (χ0n) is 32.1. The van der Waals surface area contributed by atoms with Crippen LogP contribution in [0.1, 0.15) is 113 Å². The minimum Gasteiger partial charge on any atom is -0.462 e. The molecule has 1 aliphatic heterocycles. The van der Waals surface area contributed by atoms with Gasteiger partial charge < -0.3 is 44.5 Å². The first kappa shape index (κ1) is 41.2. The Morgan fingerprint density at radius 1 is 0.923 bits per heavy atom. The van der Waals surface area contributed by atoms with E-state index in [1.165, 1.54) is 13.8 Å². The van der Waals surface area contributed by atoms with E-state index < -0.39 is 89.9 Å². The third-order valence-electron chi connectivity index (χ3n) is 14.2. The van der Waals surface area contributed by atoms with Crippen molar-refractivity contribution in [3.05, 3.63) is 0 Å². The van der Waals surface area contributed by atoms with Gasteiger partial charge in [-0.05, 0) is 101 Å². The number of hydrogen-bond donors (Lipinski definition) is 5. The summed E-state index contributed by atoms with van der Waals surface area (Å²) in [6.07, 6.45) is -3.52. The number of aliphatic hydroxyl groups excluding tert-OH is 4. The van der Waals surface area contributed by atoms with Crippen molar-refractivity contribution in [3.63, 3.8) is 0 Å². The predicted molar refractivity (Wildman–Crippen MR) is 185 cm³/mol. The second-order valence-electron chi connectivity index (χ2n) is 18.0. The number of aliphatic hydroxyl groups is 5. The first-order valence-electron chi connectivity index (χ1n) is 19.2. The van der Waals surface area contributed by atoms with Crippen molar-refractivity contribution in [2.45, 2.75) is 167 Å². The van der Waals surface area contributed by atoms with Gasteiger partial charge in [0.25, 0.3) is 0 Å². The van der Waals surface area contributed by atoms with Crippen molar-refractivity contribution in [3.8, 4) is 0 Å². The molecule has 0 spiro atoms. The van der Waals surface area contributed by atoms with Crippen molar-refractivity contribution in [1.29, 1.82) is 0 Å². The molecular formula is C39H62O13. The highest BCUT2D eigenvalue weighted by Gasteiger charge is 2.66. The van der Waals surface area contributed by atoms with Crippen LogP contribution in [0.15, 0.2) is 0 Å². The molecule has 52 heavy (non-hydrogen) atoms. The molecule has 0 bridgehead atoms. The third kappa shape index (κ3) is 7.49. The van der Waals surface area contributed by atoms with Gasteiger partial charge >= 0.3 is 11.9 Å². The van der Waals surface area contributed by atoms with Gasteiger partial charge in [0.15, 0.2) is 6.29 Å². The van der Waals surface area contributed by atoms with Gasteiger partial charge in [0.1, 0.15) is 47.7 Å². The maximum atomic E-state index is 14.1. The highest BCUT2D eigenvalue weighted by Crippen LogP contribution is 2.67. The summed E-state index contributed by atoms with van der Waals surface area (Å²) in [5.41, 5.74) is -3.27. The Morgan fingerprint density at radius 3 is 2.19 bits per heavy atom. The van der Waals surface area contributed by atoms with E-state index in [-0.39, 0.29) is 47.1 Å². The second kappa shape index (κ2) is 14.9. The van der Waals surface area contributed by atoms with Gasteiger partial charge in [-0.2, -0.15) is 0 Å². The molecule has 13 heteroatoms. The lowest BCUT2D eigenvalue weighted by atomic mass is 9.44. The lowest BCUT2D eigenvalue weighted by Crippen LogP contribution is -2.61. The molecule has 5 N–H and O–H groups in total. The Balaban J connectivity index is 1.30. The lowest BCUT2D eigenvalue weighted by molar-refractivity contribution is -0.315. The topological polar surface area (TPSA) is 206 Å². The molecule has 0 aromatic carbocycles. The Hall–Kier alpha value is -2.00. The molecule has 0 unspecified atom stereocenters. The zero-order valence-corrected chi connectivity index (χ0v) is 32.1. The van der Waals surface area contributed by atoms with E-state index in [4.69, 9.17) is 18.9 Å². The molecule has 0 aromatic rings. The predicted octanol–water partition coefficient (Wildman–Crippen LogP) is 2.63. The Labute approximate surface area is 307 Å². The summed E-state index contributed by atoms with van der Waals surface area (Å²) in [5.74, 6) is -2.12. The SMILES string of the molecule is CC(=O)O[C@@H](C)[C@H](CC[C@](C)(O)[C@H]1C(=O)C[C@H]2[C@@H]3CC(=O)[C@H]4C[C@@H](O[C@@H]5O[C@H](CO)[C@H](O)[C@H](O)[C@H]5O)CC[C@]4(C)[C@H]3CC[C@@]21C)C(C)(C)OC(C)=O. The highest BCUT2D eigenvalue weighted by molar-refractivity contribution is 5.87. The molecule has 4 aliphatic carbocycles. The lowest BCUT2D eigenvalue weighted by Gasteiger charge is -2.60. The summed E-state index contributed by atoms with van der Waals surface area (Å²) in [6, 6.07) is 0. The molecule has 0 radical (unpaired) electrons. The number of Topliss-reactive ketones (excluding diaryl/α,β-unsaturated/α-hetero) is 2. The van der Waals surface area contributed by atoms with Gasteiger partial charge in [-0.1, -0.05) is 13.8 Å². The maximum Gasteiger partial charge on any atom is 0.303 e. The number of rotatable bonds is 11. The Morgan fingerprint density at radius 2 is 1.58 bits per heavy atom. The molecule has 4 saturated carbocycles. The molecule has 13 nitrogen and oxygen atoms in total. The zero-order chi connectivity index (χ0) is 38.7. The van der Waals surface area contributed by atoms with Gasteiger partial charge in [-0.3, -0.25) is 19.2 Å². The van der Waals surface area contributed by atoms with E-state index >= 15 is 0 Å². The van der Waals surface area contributed by atoms with E-state index in [2.05, 4.69) is 13.8 Å². The van der Waals surface area contributed by atoms with Crippen LogP contribution in [0.4, 0.5) is 0 Å². The average Bonchev–Trinajstić information content (AvgIpc) is 3.31. The number of fused-ring (bicyclic) bond motifs is 5. The molecule has 0 aromatic heterocycles. The van der Waals surface area contributed by atoms with Crippen LogP contribution in [0, 0.1) is 46.3 Å². The number of ketones is 2. The van der Waals surface area contributed by atoms with Gasteiger partial charge in [0.2, 0.25) is 0 Å². The number of carbonyl (C=O) groups excluding carboxylic acids is 4. The van der Waals surface area contributed by atoms with Crippen LogP contribution in [0.2, 0.25) is 0 Å². The number of ether oxygens (including phenoxy) is 4. The second-order valence-corrected chi connectivity index (χ2v) is 18.0. The largest absolute Gasteiger partial charge is 0.462 e. The number of carbonyl (C=O) groups is 4. The summed E-state index contributed by atoms with van der Waals surface area (Å²) in [7, 11) is 0. The van der Waals surface area contributed by atoms with Crippen LogP contribution in [-0.2, 0) is 38.1 Å². The molecule has 16 atom stereocenters. The van der Waals surface area contributed by atoms with Gasteiger partial charge in [-0.15, -0.1) is 0 Å². The summed E-state index contributed by atoms with van der Waals surface area (Å²) in [4.78, 5) is 52.0. The molecule has 1 saturated heterocycles. The van der Waals surface area contributed by atoms with Crippen molar-refractivity contribution in [2.75, 3.05) is 6.61 Å². The fourth-order valence-corrected chi connectivity index (χ4v) is 11.9. The number of esters is 2. The third-order valence-corrected chi connectivity index (χ3v) is 14.2. The normalized spacial score (nSPS) is 43.0. The smallest absolute Gasteiger partial charge is 0.303 e.